The molecule has 2 heterocycles. The van der Waals surface area contributed by atoms with E-state index in [-0.39, 0.29) is 0 Å². The van der Waals surface area contributed by atoms with Gasteiger partial charge in [-0.05, 0) is 43.9 Å². The standard InChI is InChI=1S/C23H26N4O/c1-17-11-12-21(28-2)20(15-17)25-23-24-19(18-9-5-3-6-10-18)16-22(26-23)27-13-7-4-8-14-27/h3,5-6,9-12,15-16H,4,7-8,13-14H2,1-2H3,(H,24,25,26). The number of aromatic nitrogens is 2. The minimum absolute atomic E-state index is 0.589. The van der Waals surface area contributed by atoms with Crippen molar-refractivity contribution in [2.75, 3.05) is 30.4 Å². The Hall–Kier alpha value is -3.08. The van der Waals surface area contributed by atoms with E-state index in [0.29, 0.717) is 5.95 Å². The first-order chi connectivity index (χ1) is 13.7. The van der Waals surface area contributed by atoms with E-state index in [0.717, 1.165) is 47.2 Å². The van der Waals surface area contributed by atoms with Gasteiger partial charge in [-0.15, -0.1) is 0 Å². The number of hydrogen-bond acceptors (Lipinski definition) is 5. The van der Waals surface area contributed by atoms with E-state index in [4.69, 9.17) is 14.7 Å². The number of nitrogens with one attached hydrogen (secondary N) is 1. The molecule has 0 saturated carbocycles. The van der Waals surface area contributed by atoms with E-state index in [9.17, 15) is 0 Å². The molecule has 0 unspecified atom stereocenters. The molecular weight excluding hydrogens is 348 g/mol. The summed E-state index contributed by atoms with van der Waals surface area (Å²) in [4.78, 5) is 12.0. The highest BCUT2D eigenvalue weighted by Gasteiger charge is 2.16. The number of ether oxygens (including phenoxy) is 1. The second-order valence-corrected chi connectivity index (χ2v) is 7.18. The summed E-state index contributed by atoms with van der Waals surface area (Å²) < 4.78 is 5.51. The molecule has 0 spiro atoms. The summed E-state index contributed by atoms with van der Waals surface area (Å²) in [7, 11) is 1.68. The van der Waals surface area contributed by atoms with Gasteiger partial charge in [-0.2, -0.15) is 4.98 Å². The van der Waals surface area contributed by atoms with Gasteiger partial charge in [0.1, 0.15) is 11.6 Å². The first kappa shape index (κ1) is 18.3. The third-order valence-electron chi connectivity index (χ3n) is 5.06. The van der Waals surface area contributed by atoms with Crippen LogP contribution in [0.15, 0.2) is 54.6 Å². The van der Waals surface area contributed by atoms with Crippen LogP contribution >= 0.6 is 0 Å². The Labute approximate surface area is 166 Å². The van der Waals surface area contributed by atoms with Crippen LogP contribution in [0, 0.1) is 6.92 Å². The minimum Gasteiger partial charge on any atom is -0.495 e. The SMILES string of the molecule is COc1ccc(C)cc1Nc1nc(-c2ccccc2)cc(N2CCCCC2)n1. The maximum Gasteiger partial charge on any atom is 0.229 e. The lowest BCUT2D eigenvalue weighted by atomic mass is 10.1. The summed E-state index contributed by atoms with van der Waals surface area (Å²) in [5.41, 5.74) is 4.03. The normalized spacial score (nSPS) is 14.0. The molecule has 0 aliphatic carbocycles. The van der Waals surface area contributed by atoms with Crippen LogP contribution < -0.4 is 15.0 Å². The molecule has 1 fully saturated rings. The molecule has 1 aliphatic heterocycles. The zero-order valence-electron chi connectivity index (χ0n) is 16.5. The first-order valence-electron chi connectivity index (χ1n) is 9.84. The molecule has 5 nitrogen and oxygen atoms in total. The largest absolute Gasteiger partial charge is 0.495 e. The fraction of sp³-hybridized carbons (Fsp3) is 0.304. The summed E-state index contributed by atoms with van der Waals surface area (Å²) in [6.07, 6.45) is 3.71. The summed E-state index contributed by atoms with van der Waals surface area (Å²) in [6, 6.07) is 18.4. The van der Waals surface area contributed by atoms with Crippen molar-refractivity contribution in [3.05, 3.63) is 60.2 Å². The predicted octanol–water partition coefficient (Wildman–Crippen LogP) is 5.19. The van der Waals surface area contributed by atoms with Gasteiger partial charge < -0.3 is 15.0 Å². The van der Waals surface area contributed by atoms with Crippen LogP contribution in [0.5, 0.6) is 5.75 Å². The third-order valence-corrected chi connectivity index (χ3v) is 5.06. The second kappa shape index (κ2) is 8.30. The van der Waals surface area contributed by atoms with Crippen molar-refractivity contribution in [2.24, 2.45) is 0 Å². The van der Waals surface area contributed by atoms with Crippen LogP contribution in [0.3, 0.4) is 0 Å². The average molecular weight is 374 g/mol. The summed E-state index contributed by atoms with van der Waals surface area (Å²) in [5, 5.41) is 3.38. The number of methoxy groups -OCH3 is 1. The van der Waals surface area contributed by atoms with Crippen LogP contribution in [-0.4, -0.2) is 30.2 Å². The molecule has 0 bridgehead atoms. The van der Waals surface area contributed by atoms with Gasteiger partial charge in [-0.1, -0.05) is 36.4 Å². The van der Waals surface area contributed by atoms with Gasteiger partial charge in [-0.3, -0.25) is 0 Å². The lowest BCUT2D eigenvalue weighted by molar-refractivity contribution is 0.416. The predicted molar refractivity (Wildman–Crippen MR) is 115 cm³/mol. The van der Waals surface area contributed by atoms with E-state index in [1.807, 2.05) is 30.3 Å². The van der Waals surface area contributed by atoms with Crippen molar-refractivity contribution in [3.63, 3.8) is 0 Å². The molecule has 0 amide bonds. The molecule has 3 aromatic rings. The van der Waals surface area contributed by atoms with Crippen molar-refractivity contribution >= 4 is 17.5 Å². The average Bonchev–Trinajstić information content (AvgIpc) is 2.75. The molecule has 0 radical (unpaired) electrons. The smallest absolute Gasteiger partial charge is 0.229 e. The highest BCUT2D eigenvalue weighted by molar-refractivity contribution is 5.69. The molecule has 4 rings (SSSR count). The molecule has 0 atom stereocenters. The van der Waals surface area contributed by atoms with Gasteiger partial charge in [-0.25, -0.2) is 4.98 Å². The molecule has 1 aromatic heterocycles. The van der Waals surface area contributed by atoms with Crippen molar-refractivity contribution in [1.82, 2.24) is 9.97 Å². The highest BCUT2D eigenvalue weighted by atomic mass is 16.5. The second-order valence-electron chi connectivity index (χ2n) is 7.18. The summed E-state index contributed by atoms with van der Waals surface area (Å²) >= 11 is 0. The number of anilines is 3. The van der Waals surface area contributed by atoms with Crippen LogP contribution in [0.2, 0.25) is 0 Å². The van der Waals surface area contributed by atoms with E-state index in [1.54, 1.807) is 7.11 Å². The zero-order valence-corrected chi connectivity index (χ0v) is 16.5. The maximum atomic E-state index is 5.51. The number of aryl methyl sites for hydroxylation is 1. The minimum atomic E-state index is 0.589. The fourth-order valence-corrected chi connectivity index (χ4v) is 3.57. The van der Waals surface area contributed by atoms with Crippen molar-refractivity contribution in [1.29, 1.82) is 0 Å². The van der Waals surface area contributed by atoms with E-state index >= 15 is 0 Å². The van der Waals surface area contributed by atoms with Gasteiger partial charge in [0.2, 0.25) is 5.95 Å². The van der Waals surface area contributed by atoms with Crippen LogP contribution in [-0.2, 0) is 0 Å². The Balaban J connectivity index is 1.74. The highest BCUT2D eigenvalue weighted by Crippen LogP contribution is 2.30. The maximum absolute atomic E-state index is 5.51. The molecule has 1 aliphatic rings. The van der Waals surface area contributed by atoms with E-state index < -0.39 is 0 Å². The molecule has 5 heteroatoms. The Kier molecular flexibility index (Phi) is 5.42. The van der Waals surface area contributed by atoms with Crippen molar-refractivity contribution in [3.8, 4) is 17.0 Å². The van der Waals surface area contributed by atoms with Gasteiger partial charge >= 0.3 is 0 Å². The Bertz CT molecular complexity index is 937. The topological polar surface area (TPSA) is 50.3 Å². The molecule has 28 heavy (non-hydrogen) atoms. The third kappa shape index (κ3) is 4.09. The zero-order chi connectivity index (χ0) is 19.3. The van der Waals surface area contributed by atoms with E-state index in [1.165, 1.54) is 19.3 Å². The Morgan fingerprint density at radius 2 is 1.71 bits per heavy atom. The van der Waals surface area contributed by atoms with Crippen molar-refractivity contribution in [2.45, 2.75) is 26.2 Å². The van der Waals surface area contributed by atoms with Gasteiger partial charge in [0.25, 0.3) is 0 Å². The molecular formula is C23H26N4O. The van der Waals surface area contributed by atoms with Crippen molar-refractivity contribution < 1.29 is 4.74 Å². The quantitative estimate of drug-likeness (QED) is 0.666. The van der Waals surface area contributed by atoms with Gasteiger partial charge in [0.05, 0.1) is 18.5 Å². The molecule has 2 aromatic carbocycles. The van der Waals surface area contributed by atoms with Crippen LogP contribution in [0.25, 0.3) is 11.3 Å². The lowest BCUT2D eigenvalue weighted by Crippen LogP contribution is -2.30. The number of rotatable bonds is 5. The Morgan fingerprint density at radius 1 is 0.929 bits per heavy atom. The molecule has 144 valence electrons. The number of piperidine rings is 1. The van der Waals surface area contributed by atoms with Crippen LogP contribution in [0.1, 0.15) is 24.8 Å². The molecule has 1 saturated heterocycles. The monoisotopic (exact) mass is 374 g/mol. The lowest BCUT2D eigenvalue weighted by Gasteiger charge is -2.28. The van der Waals surface area contributed by atoms with Gasteiger partial charge in [0, 0.05) is 24.7 Å². The van der Waals surface area contributed by atoms with Crippen LogP contribution in [0.4, 0.5) is 17.5 Å². The first-order valence-corrected chi connectivity index (χ1v) is 9.84. The summed E-state index contributed by atoms with van der Waals surface area (Å²) in [5.74, 6) is 2.34. The summed E-state index contributed by atoms with van der Waals surface area (Å²) in [6.45, 7) is 4.14. The van der Waals surface area contributed by atoms with E-state index in [2.05, 4.69) is 41.4 Å². The number of hydrogen-bond donors (Lipinski definition) is 1. The van der Waals surface area contributed by atoms with Gasteiger partial charge in [0.15, 0.2) is 0 Å². The number of nitrogens with zero attached hydrogens (tertiary/aromatic N) is 3. The fourth-order valence-electron chi connectivity index (χ4n) is 3.57. The Morgan fingerprint density at radius 3 is 2.46 bits per heavy atom. The number of benzene rings is 2. The molecule has 1 N–H and O–H groups in total.